The van der Waals surface area contributed by atoms with Crippen molar-refractivity contribution in [3.63, 3.8) is 0 Å². The van der Waals surface area contributed by atoms with Crippen LogP contribution in [0.3, 0.4) is 0 Å². The van der Waals surface area contributed by atoms with E-state index in [2.05, 4.69) is 50.2 Å². The molecular formula is C17H22BrN3O. The Bertz CT molecular complexity index is 646. The summed E-state index contributed by atoms with van der Waals surface area (Å²) in [6.45, 7) is 9.69. The molecule has 0 unspecified atom stereocenters. The summed E-state index contributed by atoms with van der Waals surface area (Å²) in [6, 6.07) is 8.31. The van der Waals surface area contributed by atoms with Crippen LogP contribution < -0.4 is 0 Å². The standard InChI is InChI=1S/C17H22BrN3O/c1-14(18)13-21-16-6-3-2-5-15(16)19-17(21)7-4-8-20-9-11-22-12-10-20/h2-3,5-6H,1,4,7-13H2. The van der Waals surface area contributed by atoms with E-state index in [1.807, 2.05) is 6.07 Å². The summed E-state index contributed by atoms with van der Waals surface area (Å²) in [5, 5.41) is 0. The van der Waals surface area contributed by atoms with E-state index in [0.29, 0.717) is 0 Å². The number of allylic oxidation sites excluding steroid dienone is 1. The minimum absolute atomic E-state index is 0.771. The van der Waals surface area contributed by atoms with Crippen molar-refractivity contribution in [3.05, 3.63) is 41.2 Å². The molecule has 1 aromatic carbocycles. The summed E-state index contributed by atoms with van der Waals surface area (Å²) in [5.41, 5.74) is 2.25. The molecule has 0 spiro atoms. The number of rotatable bonds is 6. The van der Waals surface area contributed by atoms with E-state index >= 15 is 0 Å². The average Bonchev–Trinajstić information content (AvgIpc) is 2.86. The normalized spacial score (nSPS) is 16.2. The number of para-hydroxylation sites is 2. The highest BCUT2D eigenvalue weighted by atomic mass is 79.9. The molecule has 1 saturated heterocycles. The molecule has 0 radical (unpaired) electrons. The number of benzene rings is 1. The molecule has 1 aromatic heterocycles. The van der Waals surface area contributed by atoms with E-state index in [4.69, 9.17) is 9.72 Å². The fraction of sp³-hybridized carbons (Fsp3) is 0.471. The van der Waals surface area contributed by atoms with E-state index < -0.39 is 0 Å². The Morgan fingerprint density at radius 3 is 2.82 bits per heavy atom. The van der Waals surface area contributed by atoms with Gasteiger partial charge in [0.2, 0.25) is 0 Å². The molecule has 0 amide bonds. The van der Waals surface area contributed by atoms with Crippen molar-refractivity contribution < 1.29 is 4.74 Å². The van der Waals surface area contributed by atoms with Crippen molar-refractivity contribution in [2.75, 3.05) is 32.8 Å². The molecule has 3 rings (SSSR count). The number of ether oxygens (including phenoxy) is 1. The molecule has 0 saturated carbocycles. The number of imidazole rings is 1. The van der Waals surface area contributed by atoms with Gasteiger partial charge in [-0.15, -0.1) is 0 Å². The van der Waals surface area contributed by atoms with Gasteiger partial charge in [0.1, 0.15) is 5.82 Å². The van der Waals surface area contributed by atoms with Gasteiger partial charge in [0.15, 0.2) is 0 Å². The predicted molar refractivity (Wildman–Crippen MR) is 93.4 cm³/mol. The van der Waals surface area contributed by atoms with Gasteiger partial charge in [0.05, 0.1) is 30.8 Å². The number of halogens is 1. The predicted octanol–water partition coefficient (Wildman–Crippen LogP) is 3.21. The topological polar surface area (TPSA) is 30.3 Å². The Balaban J connectivity index is 1.70. The van der Waals surface area contributed by atoms with Crippen LogP contribution in [-0.2, 0) is 17.7 Å². The molecule has 1 aliphatic heterocycles. The monoisotopic (exact) mass is 363 g/mol. The maximum atomic E-state index is 5.39. The van der Waals surface area contributed by atoms with E-state index in [0.717, 1.165) is 68.1 Å². The summed E-state index contributed by atoms with van der Waals surface area (Å²) in [6.07, 6.45) is 2.12. The van der Waals surface area contributed by atoms with Gasteiger partial charge in [-0.25, -0.2) is 4.98 Å². The third-order valence-corrected chi connectivity index (χ3v) is 4.29. The van der Waals surface area contributed by atoms with Crippen molar-refractivity contribution in [3.8, 4) is 0 Å². The number of aromatic nitrogens is 2. The number of hydrogen-bond acceptors (Lipinski definition) is 3. The molecule has 0 N–H and O–H groups in total. The zero-order valence-corrected chi connectivity index (χ0v) is 14.4. The van der Waals surface area contributed by atoms with Crippen LogP contribution >= 0.6 is 15.9 Å². The SMILES string of the molecule is C=C(Br)Cn1c(CCCN2CCOCC2)nc2ccccc21. The highest BCUT2D eigenvalue weighted by molar-refractivity contribution is 9.11. The van der Waals surface area contributed by atoms with E-state index in [1.54, 1.807) is 0 Å². The maximum Gasteiger partial charge on any atom is 0.110 e. The lowest BCUT2D eigenvalue weighted by molar-refractivity contribution is 0.0374. The Hall–Kier alpha value is -1.17. The lowest BCUT2D eigenvalue weighted by atomic mass is 10.2. The summed E-state index contributed by atoms with van der Waals surface area (Å²) >= 11 is 3.48. The molecule has 0 atom stereocenters. The molecule has 1 fully saturated rings. The van der Waals surface area contributed by atoms with Crippen molar-refractivity contribution in [1.82, 2.24) is 14.5 Å². The second-order valence-corrected chi connectivity index (χ2v) is 6.80. The minimum atomic E-state index is 0.771. The van der Waals surface area contributed by atoms with Crippen LogP contribution in [0.25, 0.3) is 11.0 Å². The molecule has 118 valence electrons. The van der Waals surface area contributed by atoms with Crippen LogP contribution in [0.1, 0.15) is 12.2 Å². The van der Waals surface area contributed by atoms with Crippen LogP contribution in [0.5, 0.6) is 0 Å². The number of aryl methyl sites for hydroxylation is 1. The van der Waals surface area contributed by atoms with Crippen molar-refractivity contribution in [1.29, 1.82) is 0 Å². The molecule has 0 aliphatic carbocycles. The Labute approximate surface area is 139 Å². The molecule has 2 aromatic rings. The molecule has 0 bridgehead atoms. The van der Waals surface area contributed by atoms with Gasteiger partial charge in [-0.3, -0.25) is 4.90 Å². The lowest BCUT2D eigenvalue weighted by Crippen LogP contribution is -2.37. The van der Waals surface area contributed by atoms with Crippen LogP contribution in [0.4, 0.5) is 0 Å². The second-order valence-electron chi connectivity index (χ2n) is 5.68. The first-order valence-electron chi connectivity index (χ1n) is 7.81. The molecule has 2 heterocycles. The molecule has 22 heavy (non-hydrogen) atoms. The summed E-state index contributed by atoms with van der Waals surface area (Å²) in [4.78, 5) is 7.28. The van der Waals surface area contributed by atoms with Gasteiger partial charge in [-0.2, -0.15) is 0 Å². The fourth-order valence-corrected chi connectivity index (χ4v) is 3.20. The van der Waals surface area contributed by atoms with Crippen LogP contribution in [0, 0.1) is 0 Å². The first-order chi connectivity index (χ1) is 10.7. The quantitative estimate of drug-likeness (QED) is 0.789. The van der Waals surface area contributed by atoms with E-state index in [1.165, 1.54) is 5.52 Å². The highest BCUT2D eigenvalue weighted by Crippen LogP contribution is 2.20. The van der Waals surface area contributed by atoms with Crippen molar-refractivity contribution in [2.24, 2.45) is 0 Å². The minimum Gasteiger partial charge on any atom is -0.379 e. The average molecular weight is 364 g/mol. The first-order valence-corrected chi connectivity index (χ1v) is 8.61. The zero-order valence-electron chi connectivity index (χ0n) is 12.8. The van der Waals surface area contributed by atoms with Crippen LogP contribution in [-0.4, -0.2) is 47.3 Å². The Kier molecular flexibility index (Phi) is 5.28. The molecule has 5 heteroatoms. The van der Waals surface area contributed by atoms with Crippen LogP contribution in [0.15, 0.2) is 35.3 Å². The number of nitrogens with zero attached hydrogens (tertiary/aromatic N) is 3. The third kappa shape index (κ3) is 3.77. The third-order valence-electron chi connectivity index (χ3n) is 4.04. The van der Waals surface area contributed by atoms with Gasteiger partial charge in [0.25, 0.3) is 0 Å². The summed E-state index contributed by atoms with van der Waals surface area (Å²) in [5.74, 6) is 1.15. The zero-order chi connectivity index (χ0) is 15.4. The smallest absolute Gasteiger partial charge is 0.110 e. The van der Waals surface area contributed by atoms with Crippen molar-refractivity contribution in [2.45, 2.75) is 19.4 Å². The molecule has 1 aliphatic rings. The van der Waals surface area contributed by atoms with Gasteiger partial charge >= 0.3 is 0 Å². The first kappa shape index (κ1) is 15.7. The van der Waals surface area contributed by atoms with E-state index in [9.17, 15) is 0 Å². The van der Waals surface area contributed by atoms with Gasteiger partial charge in [-0.05, 0) is 25.1 Å². The second kappa shape index (κ2) is 7.40. The van der Waals surface area contributed by atoms with Gasteiger partial charge < -0.3 is 9.30 Å². The Morgan fingerprint density at radius 1 is 1.27 bits per heavy atom. The summed E-state index contributed by atoms with van der Waals surface area (Å²) < 4.78 is 8.64. The molecule has 4 nitrogen and oxygen atoms in total. The molecular weight excluding hydrogens is 342 g/mol. The summed E-state index contributed by atoms with van der Waals surface area (Å²) in [7, 11) is 0. The Morgan fingerprint density at radius 2 is 2.05 bits per heavy atom. The van der Waals surface area contributed by atoms with Crippen LogP contribution in [0.2, 0.25) is 0 Å². The number of morpholine rings is 1. The number of fused-ring (bicyclic) bond motifs is 1. The highest BCUT2D eigenvalue weighted by Gasteiger charge is 2.13. The largest absolute Gasteiger partial charge is 0.379 e. The van der Waals surface area contributed by atoms with Gasteiger partial charge in [0, 0.05) is 24.0 Å². The lowest BCUT2D eigenvalue weighted by Gasteiger charge is -2.26. The maximum absolute atomic E-state index is 5.39. The number of hydrogen-bond donors (Lipinski definition) is 0. The van der Waals surface area contributed by atoms with E-state index in [-0.39, 0.29) is 0 Å². The van der Waals surface area contributed by atoms with Crippen molar-refractivity contribution >= 4 is 27.0 Å². The fourth-order valence-electron chi connectivity index (χ4n) is 2.95. The van der Waals surface area contributed by atoms with Gasteiger partial charge in [-0.1, -0.05) is 34.6 Å².